The molecule has 0 atom stereocenters. The van der Waals surface area contributed by atoms with Crippen LogP contribution in [0.5, 0.6) is 5.75 Å². The Kier molecular flexibility index (Phi) is 4.00. The van der Waals surface area contributed by atoms with Gasteiger partial charge in [0.15, 0.2) is 0 Å². The predicted molar refractivity (Wildman–Crippen MR) is 69.7 cm³/mol. The fourth-order valence-corrected chi connectivity index (χ4v) is 3.26. The van der Waals surface area contributed by atoms with Crippen molar-refractivity contribution in [1.29, 1.82) is 0 Å². The maximum absolute atomic E-state index is 10.6. The first-order valence-corrected chi connectivity index (χ1v) is 7.09. The summed E-state index contributed by atoms with van der Waals surface area (Å²) in [7, 11) is 4.03. The summed E-state index contributed by atoms with van der Waals surface area (Å²) in [5, 5.41) is 1.10. The zero-order chi connectivity index (χ0) is 12.3. The predicted octanol–water partition coefficient (Wildman–Crippen LogP) is 1.29. The van der Waals surface area contributed by atoms with Gasteiger partial charge in [-0.05, 0) is 0 Å². The van der Waals surface area contributed by atoms with Crippen molar-refractivity contribution in [3.05, 3.63) is 28.7 Å². The maximum atomic E-state index is 10.6. The van der Waals surface area contributed by atoms with E-state index in [-0.39, 0.29) is 14.5 Å². The number of carbonyl (C=O) groups excluding carboxylic acids is 1. The first-order valence-electron chi connectivity index (χ1n) is 5.38. The quantitative estimate of drug-likeness (QED) is 0.779. The molecule has 1 radical (unpaired) electrons. The van der Waals surface area contributed by atoms with Crippen LogP contribution in [0.25, 0.3) is 9.65 Å². The van der Waals surface area contributed by atoms with Gasteiger partial charge >= 0.3 is 107 Å². The van der Waals surface area contributed by atoms with Gasteiger partial charge in [0, 0.05) is 0 Å². The molecule has 1 heterocycles. The Morgan fingerprint density at radius 2 is 2.18 bits per heavy atom. The number of fused-ring (bicyclic) bond motifs is 1. The van der Waals surface area contributed by atoms with Crippen LogP contribution in [-0.4, -0.2) is 52.9 Å². The van der Waals surface area contributed by atoms with E-state index in [1.165, 1.54) is 4.26 Å². The van der Waals surface area contributed by atoms with E-state index in [1.807, 2.05) is 44.6 Å². The SMILES string of the molecule is CN(C)CCOc1ccc2[se]c([C]=O)cc2c1. The molecule has 0 saturated heterocycles. The third-order valence-corrected chi connectivity index (χ3v) is 4.52. The topological polar surface area (TPSA) is 29.5 Å². The molecule has 17 heavy (non-hydrogen) atoms. The van der Waals surface area contributed by atoms with Crippen LogP contribution >= 0.6 is 0 Å². The Bertz CT molecular complexity index is 519. The van der Waals surface area contributed by atoms with Gasteiger partial charge in [0.05, 0.1) is 0 Å². The van der Waals surface area contributed by atoms with Crippen LogP contribution in [0.15, 0.2) is 24.3 Å². The molecule has 0 aliphatic rings. The average Bonchev–Trinajstić information content (AvgIpc) is 2.70. The van der Waals surface area contributed by atoms with Gasteiger partial charge in [-0.2, -0.15) is 0 Å². The molecule has 0 unspecified atom stereocenters. The summed E-state index contributed by atoms with van der Waals surface area (Å²) in [6.45, 7) is 1.57. The van der Waals surface area contributed by atoms with Gasteiger partial charge < -0.3 is 0 Å². The van der Waals surface area contributed by atoms with Crippen LogP contribution < -0.4 is 4.74 Å². The van der Waals surface area contributed by atoms with Gasteiger partial charge in [-0.25, -0.2) is 0 Å². The van der Waals surface area contributed by atoms with Crippen molar-refractivity contribution in [3.63, 3.8) is 0 Å². The van der Waals surface area contributed by atoms with Crippen molar-refractivity contribution < 1.29 is 9.53 Å². The summed E-state index contributed by atoms with van der Waals surface area (Å²) in [6, 6.07) is 7.91. The fraction of sp³-hybridized carbons (Fsp3) is 0.308. The zero-order valence-electron chi connectivity index (χ0n) is 9.90. The monoisotopic (exact) mass is 296 g/mol. The van der Waals surface area contributed by atoms with Crippen molar-refractivity contribution in [3.8, 4) is 5.75 Å². The first-order chi connectivity index (χ1) is 8.19. The van der Waals surface area contributed by atoms with Gasteiger partial charge in [0.1, 0.15) is 0 Å². The molecule has 0 bridgehead atoms. The fourth-order valence-electron chi connectivity index (χ4n) is 1.51. The van der Waals surface area contributed by atoms with E-state index in [4.69, 9.17) is 4.74 Å². The Labute approximate surface area is 107 Å². The van der Waals surface area contributed by atoms with Crippen LogP contribution in [0, 0.1) is 0 Å². The number of hydrogen-bond donors (Lipinski definition) is 0. The van der Waals surface area contributed by atoms with Gasteiger partial charge in [-0.1, -0.05) is 0 Å². The summed E-state index contributed by atoms with van der Waals surface area (Å²) in [5.41, 5.74) is 0. The number of rotatable bonds is 5. The summed E-state index contributed by atoms with van der Waals surface area (Å²) < 4.78 is 7.66. The molecular weight excluding hydrogens is 281 g/mol. The molecule has 0 N–H and O–H groups in total. The summed E-state index contributed by atoms with van der Waals surface area (Å²) in [6.07, 6.45) is 1.98. The molecule has 0 spiro atoms. The third kappa shape index (κ3) is 3.19. The first kappa shape index (κ1) is 12.4. The normalized spacial score (nSPS) is 11.0. The molecular formula is C13H14NO2Se. The molecule has 0 saturated carbocycles. The third-order valence-electron chi connectivity index (χ3n) is 2.40. The van der Waals surface area contributed by atoms with Crippen molar-refractivity contribution in [1.82, 2.24) is 4.90 Å². The molecule has 0 amide bonds. The van der Waals surface area contributed by atoms with Crippen LogP contribution in [-0.2, 0) is 4.79 Å². The zero-order valence-corrected chi connectivity index (χ0v) is 11.6. The van der Waals surface area contributed by atoms with E-state index in [0.29, 0.717) is 6.61 Å². The molecule has 2 rings (SSSR count). The summed E-state index contributed by atoms with van der Waals surface area (Å²) >= 11 is 0.124. The second-order valence-electron chi connectivity index (χ2n) is 4.06. The number of benzene rings is 1. The Morgan fingerprint density at radius 3 is 2.88 bits per heavy atom. The van der Waals surface area contributed by atoms with Crippen LogP contribution in [0.4, 0.5) is 0 Å². The van der Waals surface area contributed by atoms with Crippen molar-refractivity contribution in [2.24, 2.45) is 0 Å². The van der Waals surface area contributed by atoms with E-state index in [0.717, 1.165) is 22.1 Å². The van der Waals surface area contributed by atoms with Gasteiger partial charge in [0.25, 0.3) is 0 Å². The minimum atomic E-state index is 0.124. The number of nitrogens with zero attached hydrogens (tertiary/aromatic N) is 1. The van der Waals surface area contributed by atoms with Crippen molar-refractivity contribution in [2.75, 3.05) is 27.2 Å². The standard InChI is InChI=1S/C13H14NO2Se/c1-14(2)5-6-16-11-3-4-13-10(7-11)8-12(9-15)17-13/h3-4,7-8H,5-6H2,1-2H3. The molecule has 0 fully saturated rings. The Balaban J connectivity index is 2.11. The van der Waals surface area contributed by atoms with Gasteiger partial charge in [-0.3, -0.25) is 0 Å². The molecule has 1 aromatic carbocycles. The number of likely N-dealkylation sites (N-methyl/N-ethyl adjacent to an activating group) is 1. The molecule has 1 aromatic heterocycles. The second-order valence-corrected chi connectivity index (χ2v) is 6.34. The van der Waals surface area contributed by atoms with Gasteiger partial charge in [0.2, 0.25) is 0 Å². The Morgan fingerprint density at radius 1 is 1.35 bits per heavy atom. The van der Waals surface area contributed by atoms with Crippen molar-refractivity contribution in [2.45, 2.75) is 0 Å². The molecule has 0 aliphatic heterocycles. The van der Waals surface area contributed by atoms with E-state index in [9.17, 15) is 4.79 Å². The molecule has 0 aliphatic carbocycles. The molecule has 4 heteroatoms. The number of ether oxygens (including phenoxy) is 1. The molecule has 2 aromatic rings. The van der Waals surface area contributed by atoms with E-state index in [2.05, 4.69) is 4.90 Å². The van der Waals surface area contributed by atoms with E-state index >= 15 is 0 Å². The Hall–Kier alpha value is -1.09. The van der Waals surface area contributed by atoms with E-state index < -0.39 is 0 Å². The van der Waals surface area contributed by atoms with Crippen LogP contribution in [0.2, 0.25) is 0 Å². The minimum absolute atomic E-state index is 0.124. The molecule has 89 valence electrons. The van der Waals surface area contributed by atoms with Crippen LogP contribution in [0.1, 0.15) is 4.44 Å². The van der Waals surface area contributed by atoms with Crippen LogP contribution in [0.3, 0.4) is 0 Å². The average molecular weight is 295 g/mol. The van der Waals surface area contributed by atoms with Crippen molar-refractivity contribution >= 4 is 30.4 Å². The summed E-state index contributed by atoms with van der Waals surface area (Å²) in [5.74, 6) is 0.866. The van der Waals surface area contributed by atoms with Gasteiger partial charge in [-0.15, -0.1) is 0 Å². The number of hydrogen-bond acceptors (Lipinski definition) is 3. The van der Waals surface area contributed by atoms with E-state index in [1.54, 1.807) is 0 Å². The summed E-state index contributed by atoms with van der Waals surface area (Å²) in [4.78, 5) is 12.7. The molecule has 3 nitrogen and oxygen atoms in total. The second kappa shape index (κ2) is 5.50.